The first-order chi connectivity index (χ1) is 13.9. The van der Waals surface area contributed by atoms with Crippen LogP contribution in [0.15, 0.2) is 48.5 Å². The van der Waals surface area contributed by atoms with Gasteiger partial charge in [0.2, 0.25) is 5.91 Å². The molecule has 0 radical (unpaired) electrons. The number of carbonyl (C=O) groups is 2. The lowest BCUT2D eigenvalue weighted by molar-refractivity contribution is -0.143. The Morgan fingerprint density at radius 1 is 1.00 bits per heavy atom. The van der Waals surface area contributed by atoms with Gasteiger partial charge >= 0.3 is 5.97 Å². The number of carbonyl (C=O) groups excluding carboxylic acids is 2. The van der Waals surface area contributed by atoms with Gasteiger partial charge in [-0.3, -0.25) is 9.59 Å². The largest absolute Gasteiger partial charge is 0.466 e. The van der Waals surface area contributed by atoms with Gasteiger partial charge in [0.05, 0.1) is 17.3 Å². The van der Waals surface area contributed by atoms with Crippen LogP contribution in [-0.2, 0) is 20.7 Å². The number of thiocarbonyl (C=S) groups is 1. The van der Waals surface area contributed by atoms with Crippen molar-refractivity contribution in [1.82, 2.24) is 5.32 Å². The lowest BCUT2D eigenvalue weighted by Crippen LogP contribution is -2.34. The van der Waals surface area contributed by atoms with Crippen molar-refractivity contribution in [3.05, 3.63) is 64.1 Å². The fourth-order valence-electron chi connectivity index (χ4n) is 2.51. The number of amides is 1. The Balaban J connectivity index is 1.57. The van der Waals surface area contributed by atoms with Crippen molar-refractivity contribution in [2.75, 3.05) is 11.9 Å². The highest BCUT2D eigenvalue weighted by Gasteiger charge is 2.09. The fraction of sp³-hybridized carbons (Fsp3) is 0.286. The van der Waals surface area contributed by atoms with Crippen molar-refractivity contribution >= 4 is 58.1 Å². The molecule has 8 heteroatoms. The summed E-state index contributed by atoms with van der Waals surface area (Å²) >= 11 is 17.0. The minimum atomic E-state index is -0.306. The van der Waals surface area contributed by atoms with E-state index in [2.05, 4.69) is 10.6 Å². The minimum absolute atomic E-state index is 0.128. The third-order valence-corrected chi connectivity index (χ3v) is 4.68. The van der Waals surface area contributed by atoms with E-state index in [1.165, 1.54) is 5.56 Å². The summed E-state index contributed by atoms with van der Waals surface area (Å²) in [6, 6.07) is 14.9. The van der Waals surface area contributed by atoms with Crippen LogP contribution < -0.4 is 10.6 Å². The van der Waals surface area contributed by atoms with Gasteiger partial charge < -0.3 is 15.4 Å². The molecule has 0 unspecified atom stereocenters. The second-order valence-corrected chi connectivity index (χ2v) is 7.54. The van der Waals surface area contributed by atoms with Crippen LogP contribution in [0.25, 0.3) is 0 Å². The molecule has 0 saturated heterocycles. The summed E-state index contributed by atoms with van der Waals surface area (Å²) in [5.41, 5.74) is 1.75. The molecule has 0 aromatic heterocycles. The van der Waals surface area contributed by atoms with E-state index in [0.29, 0.717) is 28.8 Å². The van der Waals surface area contributed by atoms with E-state index < -0.39 is 0 Å². The van der Waals surface area contributed by atoms with Gasteiger partial charge in [-0.15, -0.1) is 0 Å². The molecule has 2 aromatic carbocycles. The summed E-state index contributed by atoms with van der Waals surface area (Å²) in [7, 11) is 0. The van der Waals surface area contributed by atoms with E-state index in [4.69, 9.17) is 40.2 Å². The number of halogens is 2. The standard InChI is InChI=1S/C21H22Cl2N2O3S/c22-16-11-12-18(17(23)14-16)24-21(29)25-19(26)9-4-10-20(27)28-13-5-8-15-6-2-1-3-7-15/h1-3,6-7,11-12,14H,4-5,8-10,13H2,(H2,24,25,26,29). The molecule has 0 aliphatic carbocycles. The smallest absolute Gasteiger partial charge is 0.305 e. The van der Waals surface area contributed by atoms with Crippen LogP contribution in [0.3, 0.4) is 0 Å². The normalized spacial score (nSPS) is 10.3. The molecule has 2 N–H and O–H groups in total. The molecule has 29 heavy (non-hydrogen) atoms. The Labute approximate surface area is 185 Å². The Kier molecular flexibility index (Phi) is 9.91. The van der Waals surface area contributed by atoms with Gasteiger partial charge in [-0.25, -0.2) is 0 Å². The third-order valence-electron chi connectivity index (χ3n) is 3.93. The maximum atomic E-state index is 11.9. The topological polar surface area (TPSA) is 67.4 Å². The molecule has 0 aliphatic heterocycles. The van der Waals surface area contributed by atoms with E-state index >= 15 is 0 Å². The number of esters is 1. The van der Waals surface area contributed by atoms with Crippen LogP contribution in [0, 0.1) is 0 Å². The summed E-state index contributed by atoms with van der Waals surface area (Å²) in [5, 5.41) is 6.41. The van der Waals surface area contributed by atoms with Crippen LogP contribution in [0.5, 0.6) is 0 Å². The van der Waals surface area contributed by atoms with Crippen molar-refractivity contribution in [3.63, 3.8) is 0 Å². The zero-order valence-electron chi connectivity index (χ0n) is 15.8. The van der Waals surface area contributed by atoms with Gasteiger partial charge in [-0.1, -0.05) is 53.5 Å². The first-order valence-corrected chi connectivity index (χ1v) is 10.4. The number of ether oxygens (including phenoxy) is 1. The van der Waals surface area contributed by atoms with Gasteiger partial charge in [0.25, 0.3) is 0 Å². The van der Waals surface area contributed by atoms with Crippen LogP contribution >= 0.6 is 35.4 Å². The number of aryl methyl sites for hydroxylation is 1. The number of hydrogen-bond donors (Lipinski definition) is 2. The SMILES string of the molecule is O=C(CCCC(=O)OCCCc1ccccc1)NC(=S)Nc1ccc(Cl)cc1Cl. The monoisotopic (exact) mass is 452 g/mol. The lowest BCUT2D eigenvalue weighted by atomic mass is 10.1. The Hall–Kier alpha value is -2.15. The van der Waals surface area contributed by atoms with E-state index in [9.17, 15) is 9.59 Å². The first-order valence-electron chi connectivity index (χ1n) is 9.19. The summed E-state index contributed by atoms with van der Waals surface area (Å²) in [5.74, 6) is -0.594. The first kappa shape index (κ1) is 23.1. The maximum absolute atomic E-state index is 11.9. The average Bonchev–Trinajstić information content (AvgIpc) is 2.68. The van der Waals surface area contributed by atoms with Crippen LogP contribution in [0.4, 0.5) is 5.69 Å². The molecule has 0 heterocycles. The molecule has 1 amide bonds. The van der Waals surface area contributed by atoms with Gasteiger partial charge in [0.15, 0.2) is 5.11 Å². The highest BCUT2D eigenvalue weighted by atomic mass is 35.5. The van der Waals surface area contributed by atoms with Crippen LogP contribution in [0.1, 0.15) is 31.2 Å². The molecule has 0 aliphatic rings. The molecular weight excluding hydrogens is 431 g/mol. The van der Waals surface area contributed by atoms with E-state index in [1.54, 1.807) is 18.2 Å². The Bertz CT molecular complexity index is 847. The summed E-state index contributed by atoms with van der Waals surface area (Å²) in [6.45, 7) is 0.371. The van der Waals surface area contributed by atoms with Gasteiger partial charge in [-0.05, 0) is 55.2 Å². The number of anilines is 1. The van der Waals surface area contributed by atoms with E-state index in [-0.39, 0.29) is 29.8 Å². The molecule has 0 bridgehead atoms. The number of nitrogens with one attached hydrogen (secondary N) is 2. The van der Waals surface area contributed by atoms with Crippen molar-refractivity contribution in [2.45, 2.75) is 32.1 Å². The second-order valence-electron chi connectivity index (χ2n) is 6.29. The summed E-state index contributed by atoms with van der Waals surface area (Å²) in [4.78, 5) is 23.7. The quantitative estimate of drug-likeness (QED) is 0.312. The highest BCUT2D eigenvalue weighted by molar-refractivity contribution is 7.80. The lowest BCUT2D eigenvalue weighted by Gasteiger charge is -2.11. The second kappa shape index (κ2) is 12.4. The molecule has 0 saturated carbocycles. The predicted octanol–water partition coefficient (Wildman–Crippen LogP) is 5.15. The zero-order valence-corrected chi connectivity index (χ0v) is 18.1. The molecule has 2 aromatic rings. The Morgan fingerprint density at radius 3 is 2.48 bits per heavy atom. The molecule has 0 atom stereocenters. The molecular formula is C21H22Cl2N2O3S. The van der Waals surface area contributed by atoms with E-state index in [1.807, 2.05) is 30.3 Å². The van der Waals surface area contributed by atoms with Gasteiger partial charge in [-0.2, -0.15) is 0 Å². The van der Waals surface area contributed by atoms with Crippen molar-refractivity contribution in [1.29, 1.82) is 0 Å². The summed E-state index contributed by atoms with van der Waals surface area (Å²) in [6.07, 6.45) is 2.35. The molecule has 2 rings (SSSR count). The van der Waals surface area contributed by atoms with Gasteiger partial charge in [0, 0.05) is 17.9 Å². The molecule has 0 fully saturated rings. The molecule has 0 spiro atoms. The van der Waals surface area contributed by atoms with Crippen LogP contribution in [-0.4, -0.2) is 23.6 Å². The van der Waals surface area contributed by atoms with Gasteiger partial charge in [0.1, 0.15) is 0 Å². The van der Waals surface area contributed by atoms with E-state index in [0.717, 1.165) is 12.8 Å². The number of benzene rings is 2. The minimum Gasteiger partial charge on any atom is -0.466 e. The zero-order chi connectivity index (χ0) is 21.1. The third kappa shape index (κ3) is 9.26. The van der Waals surface area contributed by atoms with Crippen molar-refractivity contribution in [3.8, 4) is 0 Å². The predicted molar refractivity (Wildman–Crippen MR) is 120 cm³/mol. The Morgan fingerprint density at radius 2 is 1.76 bits per heavy atom. The van der Waals surface area contributed by atoms with Crippen molar-refractivity contribution in [2.24, 2.45) is 0 Å². The number of hydrogen-bond acceptors (Lipinski definition) is 4. The summed E-state index contributed by atoms with van der Waals surface area (Å²) < 4.78 is 5.19. The van der Waals surface area contributed by atoms with Crippen LogP contribution in [0.2, 0.25) is 10.0 Å². The molecule has 154 valence electrons. The fourth-order valence-corrected chi connectivity index (χ4v) is 3.19. The highest BCUT2D eigenvalue weighted by Crippen LogP contribution is 2.25. The van der Waals surface area contributed by atoms with Crippen molar-refractivity contribution < 1.29 is 14.3 Å². The molecule has 5 nitrogen and oxygen atoms in total. The number of rotatable bonds is 9. The average molecular weight is 453 g/mol. The maximum Gasteiger partial charge on any atom is 0.305 e.